The van der Waals surface area contributed by atoms with E-state index >= 15 is 0 Å². The molecule has 1 aromatic carbocycles. The highest BCUT2D eigenvalue weighted by molar-refractivity contribution is 7.17. The van der Waals surface area contributed by atoms with Crippen molar-refractivity contribution >= 4 is 37.9 Å². The van der Waals surface area contributed by atoms with Crippen molar-refractivity contribution in [3.8, 4) is 5.75 Å². The van der Waals surface area contributed by atoms with Crippen molar-refractivity contribution in [1.82, 2.24) is 10.3 Å². The number of hydrogen-bond donors (Lipinski definition) is 2. The van der Waals surface area contributed by atoms with Crippen LogP contribution in [0.1, 0.15) is 24.0 Å². The maximum absolute atomic E-state index is 13.9. The first-order valence-corrected chi connectivity index (χ1v) is 9.75. The molecule has 27 heavy (non-hydrogen) atoms. The van der Waals surface area contributed by atoms with Crippen LogP contribution in [0, 0.1) is 6.92 Å². The standard InChI is InChI=1S/C21H21FN2O2S/c1-11-10-15(26-3)16(12-4-6-13(7-5-12)20(22)23-2)17-14-8-9-27-19(14)21(25)24-18(11)17/h4,6,8-10,20,23H,5,7H2,1-3H3,(H,24,25)/t20-/m0/s1. The van der Waals surface area contributed by atoms with Crippen LogP contribution in [0.15, 0.2) is 40.0 Å². The number of benzene rings is 1. The summed E-state index contributed by atoms with van der Waals surface area (Å²) in [6.07, 6.45) is 4.05. The first kappa shape index (κ1) is 17.9. The summed E-state index contributed by atoms with van der Waals surface area (Å²) in [5.41, 5.74) is 4.53. The number of likely N-dealkylation sites (N-methyl/N-ethyl adjacent to an activating group) is 1. The lowest BCUT2D eigenvalue weighted by Crippen LogP contribution is -2.22. The Bertz CT molecular complexity index is 1160. The average molecular weight is 384 g/mol. The first-order valence-electron chi connectivity index (χ1n) is 8.87. The van der Waals surface area contributed by atoms with Gasteiger partial charge in [0.05, 0.1) is 12.6 Å². The molecule has 2 N–H and O–H groups in total. The van der Waals surface area contributed by atoms with Gasteiger partial charge in [-0.1, -0.05) is 12.2 Å². The quantitative estimate of drug-likeness (QED) is 0.642. The van der Waals surface area contributed by atoms with Crippen LogP contribution in [0.3, 0.4) is 0 Å². The Morgan fingerprint density at radius 3 is 2.81 bits per heavy atom. The van der Waals surface area contributed by atoms with Gasteiger partial charge in [-0.3, -0.25) is 10.1 Å². The van der Waals surface area contributed by atoms with Crippen LogP contribution in [0.2, 0.25) is 0 Å². The Morgan fingerprint density at radius 2 is 2.15 bits per heavy atom. The zero-order valence-electron chi connectivity index (χ0n) is 15.5. The predicted molar refractivity (Wildman–Crippen MR) is 110 cm³/mol. The number of nitrogens with one attached hydrogen (secondary N) is 2. The van der Waals surface area contributed by atoms with E-state index in [4.69, 9.17) is 4.74 Å². The summed E-state index contributed by atoms with van der Waals surface area (Å²) in [5.74, 6) is 0.771. The number of aromatic nitrogens is 1. The smallest absolute Gasteiger partial charge is 0.266 e. The fourth-order valence-corrected chi connectivity index (χ4v) is 4.60. The minimum atomic E-state index is -1.13. The lowest BCUT2D eigenvalue weighted by atomic mass is 9.88. The zero-order valence-corrected chi connectivity index (χ0v) is 16.3. The molecule has 0 saturated carbocycles. The highest BCUT2D eigenvalue weighted by Crippen LogP contribution is 2.42. The Labute approximate surface area is 160 Å². The summed E-state index contributed by atoms with van der Waals surface area (Å²) < 4.78 is 20.4. The molecule has 0 amide bonds. The number of thiophene rings is 1. The van der Waals surface area contributed by atoms with Gasteiger partial charge >= 0.3 is 0 Å². The molecule has 4 nitrogen and oxygen atoms in total. The highest BCUT2D eigenvalue weighted by Gasteiger charge is 2.22. The summed E-state index contributed by atoms with van der Waals surface area (Å²) in [6.45, 7) is 1.97. The third kappa shape index (κ3) is 2.89. The number of aromatic amines is 1. The van der Waals surface area contributed by atoms with Crippen LogP contribution < -0.4 is 15.6 Å². The number of hydrogen-bond acceptors (Lipinski definition) is 4. The van der Waals surface area contributed by atoms with E-state index in [9.17, 15) is 9.18 Å². The maximum Gasteiger partial charge on any atom is 0.266 e. The second-order valence-electron chi connectivity index (χ2n) is 6.72. The van der Waals surface area contributed by atoms with Gasteiger partial charge in [-0.15, -0.1) is 11.3 Å². The molecular formula is C21H21FN2O2S. The predicted octanol–water partition coefficient (Wildman–Crippen LogP) is 4.68. The highest BCUT2D eigenvalue weighted by atomic mass is 32.1. The van der Waals surface area contributed by atoms with Gasteiger partial charge in [0, 0.05) is 16.3 Å². The van der Waals surface area contributed by atoms with E-state index in [0.29, 0.717) is 17.5 Å². The number of pyridine rings is 1. The zero-order chi connectivity index (χ0) is 19.1. The molecule has 0 bridgehead atoms. The first-order chi connectivity index (χ1) is 13.0. The number of H-pyrrole nitrogens is 1. The van der Waals surface area contributed by atoms with Crippen LogP contribution in [-0.4, -0.2) is 25.4 Å². The summed E-state index contributed by atoms with van der Waals surface area (Å²) in [5, 5.41) is 6.52. The Morgan fingerprint density at radius 1 is 1.33 bits per heavy atom. The third-order valence-corrected chi connectivity index (χ3v) is 6.08. The molecule has 2 heterocycles. The second-order valence-corrected chi connectivity index (χ2v) is 7.64. The SMILES string of the molecule is CN[C@H](F)C1=CC=C(c2c(OC)cc(C)c3[nH]c(=O)c4sccc4c23)CC1. The van der Waals surface area contributed by atoms with E-state index in [-0.39, 0.29) is 5.56 Å². The Kier molecular flexibility index (Phi) is 4.61. The summed E-state index contributed by atoms with van der Waals surface area (Å²) in [7, 11) is 3.27. The topological polar surface area (TPSA) is 54.1 Å². The molecule has 0 unspecified atom stereocenters. The number of ether oxygens (including phenoxy) is 1. The molecule has 1 atom stereocenters. The van der Waals surface area contributed by atoms with Crippen molar-refractivity contribution in [2.24, 2.45) is 0 Å². The van der Waals surface area contributed by atoms with Crippen LogP contribution in [0.4, 0.5) is 4.39 Å². The molecule has 6 heteroatoms. The molecule has 0 fully saturated rings. The molecule has 0 aliphatic heterocycles. The molecule has 2 aromatic heterocycles. The van der Waals surface area contributed by atoms with Crippen LogP contribution in [0.25, 0.3) is 26.6 Å². The average Bonchev–Trinajstić information content (AvgIpc) is 3.18. The number of halogens is 1. The van der Waals surface area contributed by atoms with Crippen LogP contribution >= 0.6 is 11.3 Å². The monoisotopic (exact) mass is 384 g/mol. The van der Waals surface area contributed by atoms with Crippen molar-refractivity contribution in [3.63, 3.8) is 0 Å². The van der Waals surface area contributed by atoms with E-state index < -0.39 is 6.30 Å². The van der Waals surface area contributed by atoms with Gasteiger partial charge in [-0.25, -0.2) is 4.39 Å². The van der Waals surface area contributed by atoms with E-state index in [1.807, 2.05) is 36.6 Å². The van der Waals surface area contributed by atoms with E-state index in [2.05, 4.69) is 10.3 Å². The number of aryl methyl sites for hydroxylation is 1. The maximum atomic E-state index is 13.9. The molecule has 1 aliphatic carbocycles. The van der Waals surface area contributed by atoms with Crippen molar-refractivity contribution < 1.29 is 9.13 Å². The molecule has 4 rings (SSSR count). The fraction of sp³-hybridized carbons (Fsp3) is 0.286. The molecular weight excluding hydrogens is 363 g/mol. The van der Waals surface area contributed by atoms with Crippen molar-refractivity contribution in [1.29, 1.82) is 0 Å². The number of methoxy groups -OCH3 is 1. The van der Waals surface area contributed by atoms with Gasteiger partial charge in [-0.05, 0) is 61.0 Å². The summed E-state index contributed by atoms with van der Waals surface area (Å²) >= 11 is 1.44. The number of rotatable bonds is 4. The van der Waals surface area contributed by atoms with E-state index in [1.54, 1.807) is 14.2 Å². The normalized spacial score (nSPS) is 15.7. The molecule has 1 aliphatic rings. The minimum Gasteiger partial charge on any atom is -0.496 e. The Balaban J connectivity index is 2.04. The fourth-order valence-electron chi connectivity index (χ4n) is 3.81. The second kappa shape index (κ2) is 6.94. The van der Waals surface area contributed by atoms with Gasteiger partial charge in [0.1, 0.15) is 10.4 Å². The lowest BCUT2D eigenvalue weighted by Gasteiger charge is -2.21. The molecule has 0 saturated heterocycles. The molecule has 0 spiro atoms. The van der Waals surface area contributed by atoms with Crippen molar-refractivity contribution in [2.45, 2.75) is 26.1 Å². The minimum absolute atomic E-state index is 0.0687. The van der Waals surface area contributed by atoms with Crippen molar-refractivity contribution in [3.05, 3.63) is 56.7 Å². The summed E-state index contributed by atoms with van der Waals surface area (Å²) in [4.78, 5) is 15.5. The van der Waals surface area contributed by atoms with Gasteiger partial charge in [0.2, 0.25) is 0 Å². The molecule has 140 valence electrons. The molecule has 0 radical (unpaired) electrons. The third-order valence-electron chi connectivity index (χ3n) is 5.17. The van der Waals surface area contributed by atoms with E-state index in [0.717, 1.165) is 44.3 Å². The van der Waals surface area contributed by atoms with Gasteiger partial charge in [0.25, 0.3) is 5.56 Å². The lowest BCUT2D eigenvalue weighted by molar-refractivity contribution is 0.330. The van der Waals surface area contributed by atoms with Gasteiger partial charge in [-0.2, -0.15) is 0 Å². The van der Waals surface area contributed by atoms with E-state index in [1.165, 1.54) is 11.3 Å². The van der Waals surface area contributed by atoms with Gasteiger partial charge in [0.15, 0.2) is 6.30 Å². The Hall–Kier alpha value is -2.44. The summed E-state index contributed by atoms with van der Waals surface area (Å²) in [6, 6.07) is 3.95. The largest absolute Gasteiger partial charge is 0.496 e. The molecule has 3 aromatic rings. The van der Waals surface area contributed by atoms with Crippen LogP contribution in [-0.2, 0) is 0 Å². The van der Waals surface area contributed by atoms with Gasteiger partial charge < -0.3 is 9.72 Å². The number of allylic oxidation sites excluding steroid dienone is 3. The van der Waals surface area contributed by atoms with Crippen LogP contribution in [0.5, 0.6) is 5.75 Å². The number of alkyl halides is 1. The number of fused-ring (bicyclic) bond motifs is 3. The van der Waals surface area contributed by atoms with Crippen molar-refractivity contribution in [2.75, 3.05) is 14.2 Å².